The van der Waals surface area contributed by atoms with E-state index < -0.39 is 4.92 Å². The van der Waals surface area contributed by atoms with Gasteiger partial charge >= 0.3 is 5.88 Å². The second-order valence-corrected chi connectivity index (χ2v) is 4.57. The van der Waals surface area contributed by atoms with Crippen LogP contribution in [-0.2, 0) is 17.9 Å². The number of furan rings is 1. The third-order valence-corrected chi connectivity index (χ3v) is 2.89. The molecular weight excluding hydrogens is 272 g/mol. The first-order valence-electron chi connectivity index (χ1n) is 6.81. The Morgan fingerprint density at radius 2 is 2.00 bits per heavy atom. The van der Waals surface area contributed by atoms with Gasteiger partial charge in [-0.05, 0) is 24.6 Å². The summed E-state index contributed by atoms with van der Waals surface area (Å²) >= 11 is 0. The number of ether oxygens (including phenoxy) is 1. The third-order valence-electron chi connectivity index (χ3n) is 2.89. The summed E-state index contributed by atoms with van der Waals surface area (Å²) in [4.78, 5) is 9.88. The predicted octanol–water partition coefficient (Wildman–Crippen LogP) is 2.88. The lowest BCUT2D eigenvalue weighted by molar-refractivity contribution is -0.402. The number of hydrogen-bond donors (Lipinski definition) is 1. The van der Waals surface area contributed by atoms with Crippen LogP contribution in [0.2, 0.25) is 0 Å². The predicted molar refractivity (Wildman–Crippen MR) is 77.8 cm³/mol. The minimum atomic E-state index is -0.559. The molecule has 0 amide bonds. The Labute approximate surface area is 122 Å². The molecule has 1 heterocycles. The van der Waals surface area contributed by atoms with Crippen LogP contribution >= 0.6 is 0 Å². The fraction of sp³-hybridized carbons (Fsp3) is 0.333. The summed E-state index contributed by atoms with van der Waals surface area (Å²) < 4.78 is 10.4. The van der Waals surface area contributed by atoms with E-state index in [0.717, 1.165) is 19.5 Å². The van der Waals surface area contributed by atoms with Crippen molar-refractivity contribution >= 4 is 5.88 Å². The zero-order valence-electron chi connectivity index (χ0n) is 11.7. The normalized spacial score (nSPS) is 10.7. The van der Waals surface area contributed by atoms with Crippen molar-refractivity contribution < 1.29 is 14.1 Å². The first-order chi connectivity index (χ1) is 10.3. The Kier molecular flexibility index (Phi) is 5.93. The average Bonchev–Trinajstić information content (AvgIpc) is 2.96. The van der Waals surface area contributed by atoms with Gasteiger partial charge in [0.2, 0.25) is 0 Å². The number of benzene rings is 1. The van der Waals surface area contributed by atoms with Gasteiger partial charge in [-0.25, -0.2) is 0 Å². The van der Waals surface area contributed by atoms with Gasteiger partial charge in [-0.3, -0.25) is 10.1 Å². The van der Waals surface area contributed by atoms with Crippen molar-refractivity contribution in [1.29, 1.82) is 0 Å². The van der Waals surface area contributed by atoms with Gasteiger partial charge in [-0.15, -0.1) is 0 Å². The lowest BCUT2D eigenvalue weighted by Crippen LogP contribution is -2.16. The molecular formula is C15H18N2O4. The van der Waals surface area contributed by atoms with E-state index in [9.17, 15) is 10.1 Å². The molecule has 2 aromatic rings. The maximum atomic E-state index is 10.4. The molecule has 0 spiro atoms. The van der Waals surface area contributed by atoms with E-state index in [4.69, 9.17) is 9.15 Å². The van der Waals surface area contributed by atoms with Crippen LogP contribution in [0.5, 0.6) is 0 Å². The number of nitro groups is 1. The van der Waals surface area contributed by atoms with E-state index in [1.807, 2.05) is 18.2 Å². The molecule has 0 unspecified atom stereocenters. The van der Waals surface area contributed by atoms with Crippen LogP contribution in [0.3, 0.4) is 0 Å². The van der Waals surface area contributed by atoms with Gasteiger partial charge in [0, 0.05) is 13.2 Å². The second kappa shape index (κ2) is 8.18. The van der Waals surface area contributed by atoms with Crippen molar-refractivity contribution in [3.05, 3.63) is 63.9 Å². The number of nitrogens with zero attached hydrogens (tertiary/aromatic N) is 1. The number of hydrogen-bond acceptors (Lipinski definition) is 5. The molecule has 1 N–H and O–H groups in total. The van der Waals surface area contributed by atoms with E-state index in [-0.39, 0.29) is 12.5 Å². The largest absolute Gasteiger partial charge is 0.433 e. The highest BCUT2D eigenvalue weighted by molar-refractivity contribution is 5.17. The van der Waals surface area contributed by atoms with E-state index >= 15 is 0 Å². The van der Waals surface area contributed by atoms with Gasteiger partial charge in [0.15, 0.2) is 0 Å². The van der Waals surface area contributed by atoms with Crippen molar-refractivity contribution in [2.45, 2.75) is 19.6 Å². The summed E-state index contributed by atoms with van der Waals surface area (Å²) in [6.45, 7) is 2.53. The van der Waals surface area contributed by atoms with Gasteiger partial charge in [0.25, 0.3) is 0 Å². The molecule has 0 atom stereocenters. The molecule has 112 valence electrons. The second-order valence-electron chi connectivity index (χ2n) is 4.57. The lowest BCUT2D eigenvalue weighted by Gasteiger charge is -2.05. The molecule has 0 bridgehead atoms. The van der Waals surface area contributed by atoms with Gasteiger partial charge in [0.05, 0.1) is 6.07 Å². The van der Waals surface area contributed by atoms with E-state index in [0.29, 0.717) is 12.4 Å². The Morgan fingerprint density at radius 3 is 2.71 bits per heavy atom. The molecule has 1 aromatic carbocycles. The topological polar surface area (TPSA) is 77.5 Å². The van der Waals surface area contributed by atoms with Crippen LogP contribution in [0.15, 0.2) is 46.9 Å². The molecule has 0 saturated heterocycles. The summed E-state index contributed by atoms with van der Waals surface area (Å²) in [7, 11) is 0. The highest BCUT2D eigenvalue weighted by Crippen LogP contribution is 2.16. The van der Waals surface area contributed by atoms with Crippen molar-refractivity contribution in [3.63, 3.8) is 0 Å². The minimum absolute atomic E-state index is 0.252. The van der Waals surface area contributed by atoms with Crippen LogP contribution in [0, 0.1) is 10.1 Å². The van der Waals surface area contributed by atoms with E-state index in [1.54, 1.807) is 6.07 Å². The van der Waals surface area contributed by atoms with Crippen molar-refractivity contribution in [3.8, 4) is 0 Å². The molecule has 0 fully saturated rings. The van der Waals surface area contributed by atoms with Gasteiger partial charge in [-0.2, -0.15) is 0 Å². The smallest absolute Gasteiger partial charge is 0.403 e. The van der Waals surface area contributed by atoms with E-state index in [1.165, 1.54) is 11.6 Å². The van der Waals surface area contributed by atoms with Crippen LogP contribution in [0.25, 0.3) is 0 Å². The zero-order valence-corrected chi connectivity index (χ0v) is 11.7. The van der Waals surface area contributed by atoms with Crippen molar-refractivity contribution in [2.24, 2.45) is 0 Å². The van der Waals surface area contributed by atoms with E-state index in [2.05, 4.69) is 17.4 Å². The summed E-state index contributed by atoms with van der Waals surface area (Å²) in [6, 6.07) is 13.1. The fourth-order valence-electron chi connectivity index (χ4n) is 1.84. The van der Waals surface area contributed by atoms with Crippen molar-refractivity contribution in [1.82, 2.24) is 5.32 Å². The first kappa shape index (κ1) is 15.2. The molecule has 0 aliphatic rings. The molecule has 0 aliphatic carbocycles. The maximum Gasteiger partial charge on any atom is 0.433 e. The summed E-state index contributed by atoms with van der Waals surface area (Å²) in [5.41, 5.74) is 1.25. The number of nitrogens with one attached hydrogen (secondary N) is 1. The summed E-state index contributed by atoms with van der Waals surface area (Å²) in [5, 5.41) is 13.8. The molecule has 0 radical (unpaired) electrons. The zero-order chi connectivity index (χ0) is 14.9. The highest BCUT2D eigenvalue weighted by atomic mass is 16.6. The molecule has 0 saturated carbocycles. The molecule has 1 aromatic heterocycles. The highest BCUT2D eigenvalue weighted by Gasteiger charge is 2.11. The maximum absolute atomic E-state index is 10.4. The van der Waals surface area contributed by atoms with Crippen LogP contribution in [-0.4, -0.2) is 18.1 Å². The molecule has 6 heteroatoms. The molecule has 6 nitrogen and oxygen atoms in total. The Bertz CT molecular complexity index is 554. The van der Waals surface area contributed by atoms with Crippen LogP contribution < -0.4 is 5.32 Å². The van der Waals surface area contributed by atoms with Crippen LogP contribution in [0.4, 0.5) is 5.88 Å². The molecule has 0 aliphatic heterocycles. The Hall–Kier alpha value is -2.18. The van der Waals surface area contributed by atoms with Gasteiger partial charge < -0.3 is 14.5 Å². The quantitative estimate of drug-likeness (QED) is 0.436. The SMILES string of the molecule is O=[N+]([O-])c1ccc(COCCCNCc2ccccc2)o1. The first-order valence-corrected chi connectivity index (χ1v) is 6.81. The Morgan fingerprint density at radius 1 is 1.19 bits per heavy atom. The Balaban J connectivity index is 1.53. The lowest BCUT2D eigenvalue weighted by atomic mass is 10.2. The summed E-state index contributed by atoms with van der Waals surface area (Å²) in [5.74, 6) is 0.220. The monoisotopic (exact) mass is 290 g/mol. The summed E-state index contributed by atoms with van der Waals surface area (Å²) in [6.07, 6.45) is 0.871. The minimum Gasteiger partial charge on any atom is -0.403 e. The fourth-order valence-corrected chi connectivity index (χ4v) is 1.84. The third kappa shape index (κ3) is 5.37. The molecule has 2 rings (SSSR count). The standard InChI is InChI=1S/C15H18N2O4/c18-17(19)15-8-7-14(21-15)12-20-10-4-9-16-11-13-5-2-1-3-6-13/h1-3,5-8,16H,4,9-12H2. The molecule has 21 heavy (non-hydrogen) atoms. The van der Waals surface area contributed by atoms with Gasteiger partial charge in [0.1, 0.15) is 17.3 Å². The number of rotatable bonds is 9. The average molecular weight is 290 g/mol. The van der Waals surface area contributed by atoms with Crippen LogP contribution in [0.1, 0.15) is 17.7 Å². The van der Waals surface area contributed by atoms with Crippen molar-refractivity contribution in [2.75, 3.05) is 13.2 Å². The van der Waals surface area contributed by atoms with Gasteiger partial charge in [-0.1, -0.05) is 30.3 Å².